The lowest BCUT2D eigenvalue weighted by Crippen LogP contribution is -2.31. The number of furan rings is 1. The average molecular weight is 444 g/mol. The number of anilines is 1. The van der Waals surface area contributed by atoms with Crippen LogP contribution in [0, 0.1) is 6.92 Å². The zero-order chi connectivity index (χ0) is 23.0. The normalized spacial score (nSPS) is 11.6. The molecule has 3 heterocycles. The zero-order valence-electron chi connectivity index (χ0n) is 16.5. The Morgan fingerprint density at radius 1 is 1.19 bits per heavy atom. The second-order valence-electron chi connectivity index (χ2n) is 6.95. The van der Waals surface area contributed by atoms with Crippen LogP contribution in [0.3, 0.4) is 0 Å². The predicted octanol–water partition coefficient (Wildman–Crippen LogP) is 3.31. The Morgan fingerprint density at radius 3 is 2.66 bits per heavy atom. The number of nitrogens with zero attached hydrogens (tertiary/aromatic N) is 2. The third-order valence-corrected chi connectivity index (χ3v) is 4.75. The van der Waals surface area contributed by atoms with Crippen LogP contribution in [0.1, 0.15) is 27.4 Å². The Labute approximate surface area is 177 Å². The van der Waals surface area contributed by atoms with Gasteiger partial charge in [-0.05, 0) is 43.3 Å². The van der Waals surface area contributed by atoms with Crippen molar-refractivity contribution >= 4 is 22.6 Å². The van der Waals surface area contributed by atoms with Crippen LogP contribution in [-0.2, 0) is 12.7 Å². The Kier molecular flexibility index (Phi) is 5.17. The van der Waals surface area contributed by atoms with Gasteiger partial charge in [-0.15, -0.1) is 0 Å². The number of aryl methyl sites for hydroxylation is 1. The highest BCUT2D eigenvalue weighted by Gasteiger charge is 2.30. The molecule has 0 aliphatic carbocycles. The molecule has 164 valence electrons. The number of halogens is 3. The largest absolute Gasteiger partial charge is 0.467 e. The van der Waals surface area contributed by atoms with Gasteiger partial charge in [0.25, 0.3) is 11.5 Å². The molecule has 0 unspecified atom stereocenters. The van der Waals surface area contributed by atoms with Crippen LogP contribution in [0.2, 0.25) is 0 Å². The van der Waals surface area contributed by atoms with Gasteiger partial charge in [0.05, 0.1) is 35.0 Å². The van der Waals surface area contributed by atoms with E-state index in [1.54, 1.807) is 12.1 Å². The van der Waals surface area contributed by atoms with Crippen LogP contribution < -0.4 is 16.6 Å². The van der Waals surface area contributed by atoms with E-state index in [0.29, 0.717) is 5.76 Å². The van der Waals surface area contributed by atoms with Gasteiger partial charge in [0, 0.05) is 5.69 Å². The first-order chi connectivity index (χ1) is 15.1. The third kappa shape index (κ3) is 4.04. The summed E-state index contributed by atoms with van der Waals surface area (Å²) in [6, 6.07) is 8.70. The molecule has 4 aromatic rings. The van der Waals surface area contributed by atoms with Crippen LogP contribution in [0.15, 0.2) is 62.7 Å². The SMILES string of the molecule is Cc1nc2c(cc1C(=O)Nc1cccc(C(F)(F)F)c1)c(=O)[nH]c(=O)n2Cc1ccco1. The summed E-state index contributed by atoms with van der Waals surface area (Å²) in [4.78, 5) is 43.8. The van der Waals surface area contributed by atoms with E-state index in [2.05, 4.69) is 15.3 Å². The molecule has 8 nitrogen and oxygen atoms in total. The van der Waals surface area contributed by atoms with E-state index in [-0.39, 0.29) is 34.5 Å². The number of hydrogen-bond acceptors (Lipinski definition) is 5. The maximum Gasteiger partial charge on any atom is 0.416 e. The molecule has 1 aromatic carbocycles. The van der Waals surface area contributed by atoms with Crippen molar-refractivity contribution in [3.63, 3.8) is 0 Å². The summed E-state index contributed by atoms with van der Waals surface area (Å²) >= 11 is 0. The summed E-state index contributed by atoms with van der Waals surface area (Å²) in [5.41, 5.74) is -2.23. The number of hydrogen-bond donors (Lipinski definition) is 2. The molecule has 32 heavy (non-hydrogen) atoms. The second-order valence-corrected chi connectivity index (χ2v) is 6.95. The second kappa shape index (κ2) is 7.84. The molecule has 11 heteroatoms. The van der Waals surface area contributed by atoms with Crippen LogP contribution in [-0.4, -0.2) is 20.4 Å². The van der Waals surface area contributed by atoms with E-state index < -0.39 is 28.9 Å². The van der Waals surface area contributed by atoms with E-state index in [9.17, 15) is 27.6 Å². The molecule has 0 saturated heterocycles. The van der Waals surface area contributed by atoms with E-state index >= 15 is 0 Å². The fourth-order valence-corrected chi connectivity index (χ4v) is 3.20. The highest BCUT2D eigenvalue weighted by Crippen LogP contribution is 2.30. The first-order valence-corrected chi connectivity index (χ1v) is 9.29. The van der Waals surface area contributed by atoms with Crippen molar-refractivity contribution in [1.82, 2.24) is 14.5 Å². The van der Waals surface area contributed by atoms with Gasteiger partial charge in [0.15, 0.2) is 0 Å². The first kappa shape index (κ1) is 21.1. The molecule has 0 aliphatic rings. The monoisotopic (exact) mass is 444 g/mol. The summed E-state index contributed by atoms with van der Waals surface area (Å²) in [6.07, 6.45) is -3.13. The number of fused-ring (bicyclic) bond motifs is 1. The number of amides is 1. The molecule has 2 N–H and O–H groups in total. The summed E-state index contributed by atoms with van der Waals surface area (Å²) in [7, 11) is 0. The fraction of sp³-hybridized carbons (Fsp3) is 0.143. The molecular weight excluding hydrogens is 429 g/mol. The number of aromatic amines is 1. The molecule has 0 bridgehead atoms. The van der Waals surface area contributed by atoms with Gasteiger partial charge in [-0.2, -0.15) is 13.2 Å². The smallest absolute Gasteiger partial charge is 0.416 e. The first-order valence-electron chi connectivity index (χ1n) is 9.29. The van der Waals surface area contributed by atoms with Crippen LogP contribution in [0.4, 0.5) is 18.9 Å². The molecule has 0 aliphatic heterocycles. The van der Waals surface area contributed by atoms with E-state index in [1.807, 2.05) is 0 Å². The number of rotatable bonds is 4. The Balaban J connectivity index is 1.74. The van der Waals surface area contributed by atoms with Crippen LogP contribution in [0.5, 0.6) is 0 Å². The van der Waals surface area contributed by atoms with Crippen molar-refractivity contribution in [3.05, 3.63) is 92.1 Å². The minimum absolute atomic E-state index is 0.00132. The van der Waals surface area contributed by atoms with Crippen molar-refractivity contribution in [1.29, 1.82) is 0 Å². The topological polar surface area (TPSA) is 110 Å². The number of H-pyrrole nitrogens is 1. The predicted molar refractivity (Wildman–Crippen MR) is 109 cm³/mol. The summed E-state index contributed by atoms with van der Waals surface area (Å²) < 4.78 is 45.2. The number of aromatic nitrogens is 3. The molecule has 3 aromatic heterocycles. The number of carbonyl (C=O) groups excluding carboxylic acids is 1. The van der Waals surface area contributed by atoms with Crippen molar-refractivity contribution in [2.24, 2.45) is 0 Å². The minimum Gasteiger partial charge on any atom is -0.467 e. The molecule has 0 atom stereocenters. The summed E-state index contributed by atoms with van der Waals surface area (Å²) in [6.45, 7) is 1.49. The van der Waals surface area contributed by atoms with E-state index in [0.717, 1.165) is 12.1 Å². The van der Waals surface area contributed by atoms with Crippen LogP contribution in [0.25, 0.3) is 11.0 Å². The number of alkyl halides is 3. The lowest BCUT2D eigenvalue weighted by atomic mass is 10.1. The summed E-state index contributed by atoms with van der Waals surface area (Å²) in [5, 5.41) is 2.35. The Morgan fingerprint density at radius 2 is 1.97 bits per heavy atom. The molecule has 0 fully saturated rings. The average Bonchev–Trinajstić information content (AvgIpc) is 3.23. The Hall–Kier alpha value is -4.15. The minimum atomic E-state index is -4.56. The number of pyridine rings is 1. The molecule has 0 saturated carbocycles. The Bertz CT molecular complexity index is 1440. The van der Waals surface area contributed by atoms with Crippen molar-refractivity contribution in [3.8, 4) is 0 Å². The van der Waals surface area contributed by atoms with Crippen molar-refractivity contribution < 1.29 is 22.4 Å². The van der Waals surface area contributed by atoms with E-state index in [1.165, 1.54) is 36.0 Å². The standard InChI is InChI=1S/C21H15F3N4O4/c1-11-15(18(29)26-13-5-2-4-12(8-13)21(22,23)24)9-16-17(25-11)28(20(31)27-19(16)30)10-14-6-3-7-32-14/h2-9H,10H2,1H3,(H,26,29)(H,27,30,31). The van der Waals surface area contributed by atoms with Gasteiger partial charge in [-0.25, -0.2) is 9.78 Å². The van der Waals surface area contributed by atoms with Crippen molar-refractivity contribution in [2.45, 2.75) is 19.6 Å². The van der Waals surface area contributed by atoms with E-state index in [4.69, 9.17) is 4.42 Å². The molecule has 4 rings (SSSR count). The van der Waals surface area contributed by atoms with Gasteiger partial charge < -0.3 is 9.73 Å². The molecule has 0 spiro atoms. The number of carbonyl (C=O) groups is 1. The quantitative estimate of drug-likeness (QED) is 0.502. The molecule has 0 radical (unpaired) electrons. The fourth-order valence-electron chi connectivity index (χ4n) is 3.20. The lowest BCUT2D eigenvalue weighted by Gasteiger charge is -2.12. The highest BCUT2D eigenvalue weighted by atomic mass is 19.4. The number of benzene rings is 1. The lowest BCUT2D eigenvalue weighted by molar-refractivity contribution is -0.137. The molecular formula is C21H15F3N4O4. The zero-order valence-corrected chi connectivity index (χ0v) is 16.5. The van der Waals surface area contributed by atoms with Crippen molar-refractivity contribution in [2.75, 3.05) is 5.32 Å². The third-order valence-electron chi connectivity index (χ3n) is 4.75. The van der Waals surface area contributed by atoms with Gasteiger partial charge >= 0.3 is 11.9 Å². The maximum atomic E-state index is 12.9. The molecule has 1 amide bonds. The summed E-state index contributed by atoms with van der Waals surface area (Å²) in [5.74, 6) is -0.300. The van der Waals surface area contributed by atoms with Gasteiger partial charge in [-0.3, -0.25) is 19.1 Å². The maximum absolute atomic E-state index is 12.9. The van der Waals surface area contributed by atoms with Gasteiger partial charge in [-0.1, -0.05) is 6.07 Å². The van der Waals surface area contributed by atoms with Crippen LogP contribution >= 0.6 is 0 Å². The van der Waals surface area contributed by atoms with Gasteiger partial charge in [0.2, 0.25) is 0 Å². The van der Waals surface area contributed by atoms with Gasteiger partial charge in [0.1, 0.15) is 11.4 Å². The number of nitrogens with one attached hydrogen (secondary N) is 2. The highest BCUT2D eigenvalue weighted by molar-refractivity contribution is 6.06.